The number of hydrogen-bond donors (Lipinski definition) is 0. The summed E-state index contributed by atoms with van der Waals surface area (Å²) in [4.78, 5) is 5.00. The molecule has 4 rings (SSSR count). The van der Waals surface area contributed by atoms with E-state index in [-0.39, 0.29) is 0 Å². The summed E-state index contributed by atoms with van der Waals surface area (Å²) >= 11 is 3.58. The minimum Gasteiger partial charge on any atom is -0.247 e. The lowest BCUT2D eigenvalue weighted by Crippen LogP contribution is -1.95. The second kappa shape index (κ2) is 6.21. The normalized spacial score (nSPS) is 10.9. The summed E-state index contributed by atoms with van der Waals surface area (Å²) in [5.74, 6) is 0. The van der Waals surface area contributed by atoms with Gasteiger partial charge in [0.05, 0.1) is 11.2 Å². The molecule has 0 saturated carbocycles. The number of halogens is 1. The van der Waals surface area contributed by atoms with Gasteiger partial charge in [-0.1, -0.05) is 76.6 Å². The zero-order chi connectivity index (χ0) is 16.5. The Hall–Kier alpha value is -2.45. The first-order valence-corrected chi connectivity index (χ1v) is 8.74. The molecular formula is C22H16BrN. The van der Waals surface area contributed by atoms with Crippen LogP contribution in [0.5, 0.6) is 0 Å². The molecule has 0 unspecified atom stereocenters. The number of fused-ring (bicyclic) bond motifs is 1. The van der Waals surface area contributed by atoms with Crippen molar-refractivity contribution in [2.45, 2.75) is 6.92 Å². The molecule has 0 amide bonds. The lowest BCUT2D eigenvalue weighted by atomic mass is 9.92. The van der Waals surface area contributed by atoms with Gasteiger partial charge in [-0.3, -0.25) is 0 Å². The Bertz CT molecular complexity index is 1010. The second-order valence-corrected chi connectivity index (χ2v) is 6.77. The topological polar surface area (TPSA) is 12.9 Å². The van der Waals surface area contributed by atoms with Gasteiger partial charge in [0, 0.05) is 21.0 Å². The van der Waals surface area contributed by atoms with Crippen molar-refractivity contribution in [2.24, 2.45) is 0 Å². The van der Waals surface area contributed by atoms with E-state index in [2.05, 4.69) is 83.5 Å². The van der Waals surface area contributed by atoms with E-state index in [1.807, 2.05) is 18.2 Å². The van der Waals surface area contributed by atoms with Gasteiger partial charge >= 0.3 is 0 Å². The maximum Gasteiger partial charge on any atom is 0.0790 e. The van der Waals surface area contributed by atoms with Crippen molar-refractivity contribution in [3.63, 3.8) is 0 Å². The molecule has 0 fully saturated rings. The number of hydrogen-bond acceptors (Lipinski definition) is 1. The molecule has 4 aromatic rings. The van der Waals surface area contributed by atoms with Crippen LogP contribution in [0.4, 0.5) is 0 Å². The third-order valence-electron chi connectivity index (χ3n) is 4.32. The van der Waals surface area contributed by atoms with Gasteiger partial charge in [-0.25, -0.2) is 4.98 Å². The monoisotopic (exact) mass is 373 g/mol. The van der Waals surface area contributed by atoms with Crippen LogP contribution in [-0.2, 0) is 0 Å². The second-order valence-electron chi connectivity index (χ2n) is 5.85. The van der Waals surface area contributed by atoms with Gasteiger partial charge in [-0.2, -0.15) is 0 Å². The highest BCUT2D eigenvalue weighted by Gasteiger charge is 2.15. The molecule has 0 saturated heterocycles. The molecule has 116 valence electrons. The molecule has 0 bridgehead atoms. The Balaban J connectivity index is 2.12. The predicted octanol–water partition coefficient (Wildman–Crippen LogP) is 6.64. The molecular weight excluding hydrogens is 358 g/mol. The first-order chi connectivity index (χ1) is 11.7. The van der Waals surface area contributed by atoms with Crippen LogP contribution in [0, 0.1) is 6.92 Å². The minimum atomic E-state index is 1.02. The van der Waals surface area contributed by atoms with Gasteiger partial charge in [0.1, 0.15) is 0 Å². The minimum absolute atomic E-state index is 1.02. The largest absolute Gasteiger partial charge is 0.247 e. The molecule has 24 heavy (non-hydrogen) atoms. The summed E-state index contributed by atoms with van der Waals surface area (Å²) in [5, 5.41) is 1.18. The number of benzene rings is 3. The van der Waals surface area contributed by atoms with Crippen LogP contribution in [0.3, 0.4) is 0 Å². The third kappa shape index (κ3) is 2.63. The number of rotatable bonds is 2. The fourth-order valence-corrected chi connectivity index (χ4v) is 3.52. The third-order valence-corrected chi connectivity index (χ3v) is 4.81. The van der Waals surface area contributed by atoms with Crippen molar-refractivity contribution in [3.8, 4) is 22.4 Å². The van der Waals surface area contributed by atoms with E-state index in [9.17, 15) is 0 Å². The van der Waals surface area contributed by atoms with Crippen LogP contribution in [0.25, 0.3) is 33.3 Å². The van der Waals surface area contributed by atoms with Crippen molar-refractivity contribution in [3.05, 3.63) is 88.9 Å². The Morgan fingerprint density at radius 2 is 1.38 bits per heavy atom. The van der Waals surface area contributed by atoms with Crippen LogP contribution in [-0.4, -0.2) is 4.98 Å². The van der Waals surface area contributed by atoms with Crippen LogP contribution < -0.4 is 0 Å². The van der Waals surface area contributed by atoms with Crippen LogP contribution in [0.15, 0.2) is 83.3 Å². The molecule has 0 radical (unpaired) electrons. The SMILES string of the molecule is Cc1c(-c2ccccc2)c(-c2ccccc2)nc2ccc(Br)cc12. The van der Waals surface area contributed by atoms with Crippen molar-refractivity contribution in [1.29, 1.82) is 0 Å². The summed E-state index contributed by atoms with van der Waals surface area (Å²) in [7, 11) is 0. The summed E-state index contributed by atoms with van der Waals surface area (Å²) in [6.07, 6.45) is 0. The molecule has 1 nitrogen and oxygen atoms in total. The lowest BCUT2D eigenvalue weighted by Gasteiger charge is -2.15. The quantitative estimate of drug-likeness (QED) is 0.383. The summed E-state index contributed by atoms with van der Waals surface area (Å²) in [6, 6.07) is 27.2. The Morgan fingerprint density at radius 3 is 2.04 bits per heavy atom. The molecule has 3 aromatic carbocycles. The molecule has 1 aromatic heterocycles. The molecule has 0 aliphatic carbocycles. The molecule has 1 heterocycles. The Kier molecular flexibility index (Phi) is 3.91. The van der Waals surface area contributed by atoms with E-state index in [0.29, 0.717) is 0 Å². The molecule has 0 aliphatic rings. The molecule has 0 spiro atoms. The standard InChI is InChI=1S/C22H16BrN/c1-15-19-14-18(23)12-13-20(19)24-22(17-10-6-3-7-11-17)21(15)16-8-4-2-5-9-16/h2-14H,1H3. The van der Waals surface area contributed by atoms with E-state index >= 15 is 0 Å². The summed E-state index contributed by atoms with van der Waals surface area (Å²) < 4.78 is 1.08. The van der Waals surface area contributed by atoms with Crippen molar-refractivity contribution >= 4 is 26.8 Å². The maximum absolute atomic E-state index is 5.00. The van der Waals surface area contributed by atoms with Crippen molar-refractivity contribution in [2.75, 3.05) is 0 Å². The Labute approximate surface area is 150 Å². The number of pyridine rings is 1. The summed E-state index contributed by atoms with van der Waals surface area (Å²) in [6.45, 7) is 2.19. The first-order valence-electron chi connectivity index (χ1n) is 7.95. The highest BCUT2D eigenvalue weighted by Crippen LogP contribution is 2.37. The highest BCUT2D eigenvalue weighted by atomic mass is 79.9. The van der Waals surface area contributed by atoms with Crippen LogP contribution in [0.2, 0.25) is 0 Å². The van der Waals surface area contributed by atoms with E-state index in [1.54, 1.807) is 0 Å². The number of aromatic nitrogens is 1. The lowest BCUT2D eigenvalue weighted by molar-refractivity contribution is 1.35. The van der Waals surface area contributed by atoms with E-state index < -0.39 is 0 Å². The molecule has 0 N–H and O–H groups in total. The van der Waals surface area contributed by atoms with Gasteiger partial charge in [0.25, 0.3) is 0 Å². The predicted molar refractivity (Wildman–Crippen MR) is 105 cm³/mol. The van der Waals surface area contributed by atoms with Gasteiger partial charge in [0.2, 0.25) is 0 Å². The van der Waals surface area contributed by atoms with Crippen LogP contribution >= 0.6 is 15.9 Å². The Morgan fingerprint density at radius 1 is 0.750 bits per heavy atom. The van der Waals surface area contributed by atoms with Gasteiger partial charge < -0.3 is 0 Å². The number of aryl methyl sites for hydroxylation is 1. The van der Waals surface area contributed by atoms with Crippen molar-refractivity contribution < 1.29 is 0 Å². The van der Waals surface area contributed by atoms with Gasteiger partial charge in [0.15, 0.2) is 0 Å². The average Bonchev–Trinajstić information content (AvgIpc) is 2.63. The average molecular weight is 374 g/mol. The van der Waals surface area contributed by atoms with E-state index in [4.69, 9.17) is 4.98 Å². The fraction of sp³-hybridized carbons (Fsp3) is 0.0455. The zero-order valence-electron chi connectivity index (χ0n) is 13.3. The smallest absolute Gasteiger partial charge is 0.0790 e. The van der Waals surface area contributed by atoms with Gasteiger partial charge in [-0.05, 0) is 36.2 Å². The zero-order valence-corrected chi connectivity index (χ0v) is 14.9. The number of nitrogens with zero attached hydrogens (tertiary/aromatic N) is 1. The van der Waals surface area contributed by atoms with Gasteiger partial charge in [-0.15, -0.1) is 0 Å². The summed E-state index contributed by atoms with van der Waals surface area (Å²) in [5.41, 5.74) is 6.86. The first kappa shape index (κ1) is 15.1. The maximum atomic E-state index is 5.00. The van der Waals surface area contributed by atoms with Crippen molar-refractivity contribution in [1.82, 2.24) is 4.98 Å². The van der Waals surface area contributed by atoms with E-state index in [1.165, 1.54) is 22.1 Å². The van der Waals surface area contributed by atoms with Crippen LogP contribution in [0.1, 0.15) is 5.56 Å². The fourth-order valence-electron chi connectivity index (χ4n) is 3.16. The molecule has 2 heteroatoms. The molecule has 0 atom stereocenters. The highest BCUT2D eigenvalue weighted by molar-refractivity contribution is 9.10. The molecule has 0 aliphatic heterocycles. The van der Waals surface area contributed by atoms with E-state index in [0.717, 1.165) is 21.2 Å².